The van der Waals surface area contributed by atoms with Gasteiger partial charge in [-0.15, -0.1) is 0 Å². The number of hydrogen-bond acceptors (Lipinski definition) is 6. The maximum Gasteiger partial charge on any atom is 0.227 e. The Hall–Kier alpha value is -1.68. The van der Waals surface area contributed by atoms with Crippen molar-refractivity contribution in [3.05, 3.63) is 29.8 Å². The number of rotatable bonds is 8. The molecule has 2 heterocycles. The van der Waals surface area contributed by atoms with Crippen molar-refractivity contribution in [1.29, 1.82) is 0 Å². The highest BCUT2D eigenvalue weighted by Gasteiger charge is 2.38. The van der Waals surface area contributed by atoms with Crippen LogP contribution in [0, 0.1) is 0 Å². The minimum absolute atomic E-state index is 0.0167. The molecule has 0 N–H and O–H groups in total. The first kappa shape index (κ1) is 21.0. The predicted molar refractivity (Wildman–Crippen MR) is 106 cm³/mol. The lowest BCUT2D eigenvalue weighted by atomic mass is 10.1. The normalized spacial score (nSPS) is 18.9. The molecule has 2 aliphatic heterocycles. The zero-order chi connectivity index (χ0) is 20.1. The summed E-state index contributed by atoms with van der Waals surface area (Å²) in [5, 5.41) is 0. The van der Waals surface area contributed by atoms with Gasteiger partial charge >= 0.3 is 0 Å². The molecular weight excluding hydrogens is 382 g/mol. The molecular formula is C19H29N3O5S. The lowest BCUT2D eigenvalue weighted by Gasteiger charge is -2.44. The number of nitrogens with zero attached hydrogens (tertiary/aromatic N) is 3. The number of carbonyl (C=O) groups excluding carboxylic acids is 1. The van der Waals surface area contributed by atoms with Crippen molar-refractivity contribution < 1.29 is 22.7 Å². The fourth-order valence-corrected chi connectivity index (χ4v) is 4.64. The van der Waals surface area contributed by atoms with Crippen molar-refractivity contribution in [1.82, 2.24) is 14.1 Å². The van der Waals surface area contributed by atoms with E-state index in [1.54, 1.807) is 16.3 Å². The maximum atomic E-state index is 12.5. The number of amides is 1. The van der Waals surface area contributed by atoms with Crippen molar-refractivity contribution in [2.75, 3.05) is 65.8 Å². The van der Waals surface area contributed by atoms with Crippen LogP contribution in [0.2, 0.25) is 0 Å². The molecule has 0 radical (unpaired) electrons. The third kappa shape index (κ3) is 5.44. The van der Waals surface area contributed by atoms with Gasteiger partial charge in [-0.1, -0.05) is 12.1 Å². The van der Waals surface area contributed by atoms with Crippen LogP contribution in [0.3, 0.4) is 0 Å². The summed E-state index contributed by atoms with van der Waals surface area (Å²) >= 11 is 0. The molecule has 1 amide bonds. The molecule has 1 aromatic rings. The first-order chi connectivity index (χ1) is 13.4. The van der Waals surface area contributed by atoms with Gasteiger partial charge in [-0.3, -0.25) is 9.69 Å². The van der Waals surface area contributed by atoms with Crippen LogP contribution >= 0.6 is 0 Å². The number of hydrogen-bond donors (Lipinski definition) is 0. The molecule has 0 atom stereocenters. The van der Waals surface area contributed by atoms with E-state index < -0.39 is 10.0 Å². The molecule has 0 bridgehead atoms. The second-order valence-electron chi connectivity index (χ2n) is 7.31. The molecule has 8 nitrogen and oxygen atoms in total. The molecule has 0 saturated carbocycles. The number of sulfonamides is 1. The molecule has 0 unspecified atom stereocenters. The standard InChI is InChI=1S/C19H29N3O5S/c1-26-18-5-3-16(4-6-18)13-19(23)21-14-17(15-21)22(28(2,24)25)8-7-20-9-11-27-12-10-20/h3-6,17H,7-15H2,1-2H3. The highest BCUT2D eigenvalue weighted by molar-refractivity contribution is 7.88. The van der Waals surface area contributed by atoms with Gasteiger partial charge in [0.25, 0.3) is 0 Å². The average Bonchev–Trinajstić information content (AvgIpc) is 2.63. The number of benzene rings is 1. The Morgan fingerprint density at radius 1 is 1.21 bits per heavy atom. The van der Waals surface area contributed by atoms with E-state index in [9.17, 15) is 13.2 Å². The zero-order valence-corrected chi connectivity index (χ0v) is 17.4. The summed E-state index contributed by atoms with van der Waals surface area (Å²) in [6, 6.07) is 7.27. The number of morpholine rings is 1. The molecule has 2 fully saturated rings. The molecule has 0 aromatic heterocycles. The van der Waals surface area contributed by atoms with Crippen LogP contribution in [0.15, 0.2) is 24.3 Å². The van der Waals surface area contributed by atoms with E-state index >= 15 is 0 Å². The Bertz CT molecular complexity index is 756. The van der Waals surface area contributed by atoms with Crippen LogP contribution in [-0.2, 0) is 26.0 Å². The first-order valence-electron chi connectivity index (χ1n) is 9.54. The number of likely N-dealkylation sites (tertiary alicyclic amines) is 1. The molecule has 0 spiro atoms. The minimum atomic E-state index is -3.32. The third-order valence-corrected chi connectivity index (χ3v) is 6.64. The van der Waals surface area contributed by atoms with E-state index in [0.29, 0.717) is 45.8 Å². The summed E-state index contributed by atoms with van der Waals surface area (Å²) < 4.78 is 36.5. The molecule has 0 aliphatic carbocycles. The predicted octanol–water partition coefficient (Wildman–Crippen LogP) is 0.0423. The monoisotopic (exact) mass is 411 g/mol. The van der Waals surface area contributed by atoms with Gasteiger partial charge in [-0.05, 0) is 17.7 Å². The molecule has 1 aromatic carbocycles. The maximum absolute atomic E-state index is 12.5. The highest BCUT2D eigenvalue weighted by Crippen LogP contribution is 2.20. The van der Waals surface area contributed by atoms with Gasteiger partial charge in [-0.25, -0.2) is 8.42 Å². The van der Waals surface area contributed by atoms with Crippen LogP contribution in [-0.4, -0.2) is 100 Å². The summed E-state index contributed by atoms with van der Waals surface area (Å²) in [4.78, 5) is 16.4. The summed E-state index contributed by atoms with van der Waals surface area (Å²) in [6.07, 6.45) is 1.55. The zero-order valence-electron chi connectivity index (χ0n) is 16.5. The second-order valence-corrected chi connectivity index (χ2v) is 9.24. The lowest BCUT2D eigenvalue weighted by Crippen LogP contribution is -2.63. The van der Waals surface area contributed by atoms with E-state index in [-0.39, 0.29) is 11.9 Å². The molecule has 28 heavy (non-hydrogen) atoms. The number of ether oxygens (including phenoxy) is 2. The number of carbonyl (C=O) groups is 1. The average molecular weight is 412 g/mol. The SMILES string of the molecule is COc1ccc(CC(=O)N2CC(N(CCN3CCOCC3)S(C)(=O)=O)C2)cc1. The summed E-state index contributed by atoms with van der Waals surface area (Å²) in [5.41, 5.74) is 0.918. The Balaban J connectivity index is 1.50. The van der Waals surface area contributed by atoms with E-state index in [1.807, 2.05) is 24.3 Å². The van der Waals surface area contributed by atoms with Crippen LogP contribution in [0.25, 0.3) is 0 Å². The smallest absolute Gasteiger partial charge is 0.227 e. The fraction of sp³-hybridized carbons (Fsp3) is 0.632. The van der Waals surface area contributed by atoms with Crippen LogP contribution in [0.4, 0.5) is 0 Å². The van der Waals surface area contributed by atoms with Gasteiger partial charge in [0.05, 0.1) is 39.0 Å². The Morgan fingerprint density at radius 3 is 2.43 bits per heavy atom. The van der Waals surface area contributed by atoms with E-state index in [1.165, 1.54) is 6.26 Å². The van der Waals surface area contributed by atoms with Crippen molar-refractivity contribution in [2.45, 2.75) is 12.5 Å². The largest absolute Gasteiger partial charge is 0.497 e. The van der Waals surface area contributed by atoms with Crippen molar-refractivity contribution >= 4 is 15.9 Å². The fourth-order valence-electron chi connectivity index (χ4n) is 3.55. The summed E-state index contributed by atoms with van der Waals surface area (Å²) in [7, 11) is -1.71. The third-order valence-electron chi connectivity index (χ3n) is 5.30. The van der Waals surface area contributed by atoms with E-state index in [0.717, 1.165) is 24.4 Å². The van der Waals surface area contributed by atoms with Gasteiger partial charge in [0, 0.05) is 39.3 Å². The second kappa shape index (κ2) is 9.21. The Kier molecular flexibility index (Phi) is 6.92. The summed E-state index contributed by atoms with van der Waals surface area (Å²) in [6.45, 7) is 5.07. The molecule has 2 saturated heterocycles. The van der Waals surface area contributed by atoms with Gasteiger partial charge in [0.2, 0.25) is 15.9 Å². The van der Waals surface area contributed by atoms with Gasteiger partial charge in [0.1, 0.15) is 5.75 Å². The molecule has 156 valence electrons. The Labute approximate surface area is 167 Å². The van der Waals surface area contributed by atoms with Crippen LogP contribution < -0.4 is 4.74 Å². The van der Waals surface area contributed by atoms with E-state index in [2.05, 4.69) is 4.90 Å². The molecule has 2 aliphatic rings. The minimum Gasteiger partial charge on any atom is -0.497 e. The Morgan fingerprint density at radius 2 is 1.86 bits per heavy atom. The quantitative estimate of drug-likeness (QED) is 0.601. The number of methoxy groups -OCH3 is 1. The summed E-state index contributed by atoms with van der Waals surface area (Å²) in [5.74, 6) is 0.771. The lowest BCUT2D eigenvalue weighted by molar-refractivity contribution is -0.136. The van der Waals surface area contributed by atoms with Crippen LogP contribution in [0.5, 0.6) is 5.75 Å². The molecule has 3 rings (SSSR count). The van der Waals surface area contributed by atoms with Gasteiger partial charge in [0.15, 0.2) is 0 Å². The highest BCUT2D eigenvalue weighted by atomic mass is 32.2. The van der Waals surface area contributed by atoms with Crippen molar-refractivity contribution in [3.8, 4) is 5.75 Å². The van der Waals surface area contributed by atoms with E-state index in [4.69, 9.17) is 9.47 Å². The van der Waals surface area contributed by atoms with Crippen molar-refractivity contribution in [3.63, 3.8) is 0 Å². The van der Waals surface area contributed by atoms with Crippen molar-refractivity contribution in [2.24, 2.45) is 0 Å². The first-order valence-corrected chi connectivity index (χ1v) is 11.4. The topological polar surface area (TPSA) is 79.4 Å². The van der Waals surface area contributed by atoms with Gasteiger partial charge < -0.3 is 14.4 Å². The van der Waals surface area contributed by atoms with Gasteiger partial charge in [-0.2, -0.15) is 4.31 Å². The van der Waals surface area contributed by atoms with Crippen LogP contribution in [0.1, 0.15) is 5.56 Å². The molecule has 9 heteroatoms.